The van der Waals surface area contributed by atoms with Gasteiger partial charge in [0.25, 0.3) is 0 Å². The molecule has 0 spiro atoms. The number of hydrogen-bond acceptors (Lipinski definition) is 8. The van der Waals surface area contributed by atoms with E-state index in [9.17, 15) is 15.3 Å². The second-order valence-electron chi connectivity index (χ2n) is 5.75. The molecule has 1 aliphatic rings. The fourth-order valence-electron chi connectivity index (χ4n) is 2.91. The first-order valence-corrected chi connectivity index (χ1v) is 7.29. The summed E-state index contributed by atoms with van der Waals surface area (Å²) in [5.74, 6) is 5.47. The van der Waals surface area contributed by atoms with Crippen LogP contribution in [0.2, 0.25) is 0 Å². The molecule has 0 aliphatic carbocycles. The van der Waals surface area contributed by atoms with Crippen molar-refractivity contribution in [3.63, 3.8) is 0 Å². The predicted molar refractivity (Wildman–Crippen MR) is 83.5 cm³/mol. The van der Waals surface area contributed by atoms with E-state index in [0.717, 1.165) is 0 Å². The highest BCUT2D eigenvalue weighted by Gasteiger charge is 2.53. The molecule has 1 fully saturated rings. The third-order valence-electron chi connectivity index (χ3n) is 4.13. The number of hydrogen-bond donors (Lipinski definition) is 5. The Hall–Kier alpha value is -2.22. The molecule has 128 valence electrons. The third-order valence-corrected chi connectivity index (χ3v) is 4.13. The predicted octanol–water partition coefficient (Wildman–Crippen LogP) is -1.64. The first-order valence-electron chi connectivity index (χ1n) is 7.29. The van der Waals surface area contributed by atoms with Crippen LogP contribution in [0.15, 0.2) is 12.5 Å². The zero-order valence-electron chi connectivity index (χ0n) is 12.9. The van der Waals surface area contributed by atoms with Crippen molar-refractivity contribution in [3.05, 3.63) is 18.1 Å². The summed E-state index contributed by atoms with van der Waals surface area (Å²) in [7, 11) is 0. The van der Waals surface area contributed by atoms with Crippen molar-refractivity contribution >= 4 is 16.9 Å². The van der Waals surface area contributed by atoms with Crippen LogP contribution in [0, 0.1) is 11.8 Å². The molecule has 2 aromatic rings. The number of aliphatic hydroxyl groups excluding tert-OH is 3. The Morgan fingerprint density at radius 1 is 1.42 bits per heavy atom. The van der Waals surface area contributed by atoms with E-state index >= 15 is 0 Å². The highest BCUT2D eigenvalue weighted by atomic mass is 16.6. The van der Waals surface area contributed by atoms with Crippen molar-refractivity contribution in [3.8, 4) is 11.8 Å². The van der Waals surface area contributed by atoms with E-state index in [0.29, 0.717) is 16.6 Å². The molecule has 4 atom stereocenters. The van der Waals surface area contributed by atoms with Crippen molar-refractivity contribution in [1.29, 1.82) is 0 Å². The van der Waals surface area contributed by atoms with E-state index in [1.807, 2.05) is 0 Å². The molecule has 0 saturated carbocycles. The molecule has 3 rings (SSSR count). The molecule has 9 heteroatoms. The summed E-state index contributed by atoms with van der Waals surface area (Å²) in [5.41, 5.74) is 5.05. The van der Waals surface area contributed by atoms with Crippen LogP contribution < -0.4 is 5.73 Å². The van der Waals surface area contributed by atoms with Gasteiger partial charge in [0.2, 0.25) is 0 Å². The van der Waals surface area contributed by atoms with Gasteiger partial charge in [-0.3, -0.25) is 0 Å². The number of ether oxygens (including phenoxy) is 1. The lowest BCUT2D eigenvalue weighted by Crippen LogP contribution is -2.44. The Balaban J connectivity index is 2.19. The first-order chi connectivity index (χ1) is 11.4. The fraction of sp³-hybridized carbons (Fsp3) is 0.467. The number of nitrogens with zero attached hydrogens (tertiary/aromatic N) is 3. The number of anilines is 1. The second-order valence-corrected chi connectivity index (χ2v) is 5.75. The smallest absolute Gasteiger partial charge is 0.167 e. The summed E-state index contributed by atoms with van der Waals surface area (Å²) in [5, 5.41) is 39.5. The topological polar surface area (TPSA) is 147 Å². The monoisotopic (exact) mass is 334 g/mol. The number of aliphatic hydroxyl groups is 4. The zero-order valence-corrected chi connectivity index (χ0v) is 12.9. The van der Waals surface area contributed by atoms with Crippen molar-refractivity contribution in [2.24, 2.45) is 0 Å². The lowest BCUT2D eigenvalue weighted by atomic mass is 9.96. The van der Waals surface area contributed by atoms with Gasteiger partial charge in [-0.1, -0.05) is 11.8 Å². The van der Waals surface area contributed by atoms with E-state index in [1.54, 1.807) is 6.20 Å². The molecular formula is C15H18N4O5. The highest BCUT2D eigenvalue weighted by molar-refractivity contribution is 5.92. The van der Waals surface area contributed by atoms with Crippen LogP contribution in [-0.4, -0.2) is 66.0 Å². The Labute approximate surface area is 137 Å². The lowest BCUT2D eigenvalue weighted by Gasteiger charge is -2.27. The summed E-state index contributed by atoms with van der Waals surface area (Å²) in [6.45, 7) is 0.637. The molecule has 2 unspecified atom stereocenters. The van der Waals surface area contributed by atoms with Gasteiger partial charge in [0.05, 0.1) is 17.6 Å². The minimum Gasteiger partial charge on any atom is -0.394 e. The van der Waals surface area contributed by atoms with E-state index in [2.05, 4.69) is 21.8 Å². The number of fused-ring (bicyclic) bond motifs is 1. The largest absolute Gasteiger partial charge is 0.394 e. The molecule has 0 radical (unpaired) electrons. The number of aromatic nitrogens is 3. The summed E-state index contributed by atoms with van der Waals surface area (Å²) >= 11 is 0. The van der Waals surface area contributed by atoms with Crippen molar-refractivity contribution in [1.82, 2.24) is 14.5 Å². The number of rotatable bonds is 2. The lowest BCUT2D eigenvalue weighted by molar-refractivity contribution is -0.0948. The number of nitrogens with two attached hydrogens (primary N) is 1. The Morgan fingerprint density at radius 2 is 2.17 bits per heavy atom. The molecule has 0 aromatic carbocycles. The van der Waals surface area contributed by atoms with Crippen molar-refractivity contribution in [2.45, 2.75) is 31.0 Å². The van der Waals surface area contributed by atoms with Crippen molar-refractivity contribution < 1.29 is 25.2 Å². The van der Waals surface area contributed by atoms with Crippen molar-refractivity contribution in [2.75, 3.05) is 18.9 Å². The van der Waals surface area contributed by atoms with Crippen LogP contribution >= 0.6 is 0 Å². The van der Waals surface area contributed by atoms with E-state index < -0.39 is 30.6 Å². The fourth-order valence-corrected chi connectivity index (χ4v) is 2.91. The van der Waals surface area contributed by atoms with E-state index in [-0.39, 0.29) is 12.4 Å². The van der Waals surface area contributed by atoms with Gasteiger partial charge in [-0.15, -0.1) is 0 Å². The maximum Gasteiger partial charge on any atom is 0.167 e. The Kier molecular flexibility index (Phi) is 4.16. The molecule has 6 N–H and O–H groups in total. The molecule has 0 amide bonds. The van der Waals surface area contributed by atoms with Gasteiger partial charge in [-0.25, -0.2) is 9.97 Å². The molecule has 24 heavy (non-hydrogen) atoms. The van der Waals surface area contributed by atoms with Crippen LogP contribution in [0.3, 0.4) is 0 Å². The van der Waals surface area contributed by atoms with Gasteiger partial charge in [0.1, 0.15) is 42.2 Å². The third kappa shape index (κ3) is 2.41. The normalized spacial score (nSPS) is 29.6. The summed E-state index contributed by atoms with van der Waals surface area (Å²) < 4.78 is 7.10. The van der Waals surface area contributed by atoms with Crippen LogP contribution in [0.25, 0.3) is 11.0 Å². The maximum atomic E-state index is 10.6. The second kappa shape index (κ2) is 6.01. The quantitative estimate of drug-likeness (QED) is 0.411. The Morgan fingerprint density at radius 3 is 2.79 bits per heavy atom. The van der Waals surface area contributed by atoms with Gasteiger partial charge < -0.3 is 35.5 Å². The average Bonchev–Trinajstić information content (AvgIpc) is 3.02. The first kappa shape index (κ1) is 16.6. The molecule has 1 saturated heterocycles. The van der Waals surface area contributed by atoms with Crippen LogP contribution in [0.5, 0.6) is 0 Å². The van der Waals surface area contributed by atoms with Gasteiger partial charge in [-0.2, -0.15) is 0 Å². The SMILES string of the molecule is C[C@@]1(O)C(n2cc(C#CCO)c3c(N)ncnc32)OC(CO)[C@H]1O. The standard InChI is InChI=1S/C15H18N4O5/c1-15(23)11(22)9(6-21)24-14(15)19-5-8(3-2-4-20)10-12(16)17-7-18-13(10)19/h5,7,9,11,14,20-23H,4,6H2,1H3,(H2,16,17,18)/t9?,11-,14?,15+/m1/s1. The van der Waals surface area contributed by atoms with Gasteiger partial charge >= 0.3 is 0 Å². The summed E-state index contributed by atoms with van der Waals surface area (Å²) in [6, 6.07) is 0. The van der Waals surface area contributed by atoms with E-state index in [4.69, 9.17) is 15.6 Å². The average molecular weight is 334 g/mol. The minimum atomic E-state index is -1.67. The summed E-state index contributed by atoms with van der Waals surface area (Å²) in [4.78, 5) is 8.09. The summed E-state index contributed by atoms with van der Waals surface area (Å²) in [6.07, 6.45) is -0.402. The number of nitrogen functional groups attached to an aromatic ring is 1. The highest BCUT2D eigenvalue weighted by Crippen LogP contribution is 2.40. The zero-order chi connectivity index (χ0) is 17.5. The minimum absolute atomic E-state index is 0.192. The van der Waals surface area contributed by atoms with Gasteiger partial charge in [0, 0.05) is 6.20 Å². The molecule has 2 aromatic heterocycles. The molecule has 9 nitrogen and oxygen atoms in total. The van der Waals surface area contributed by atoms with Crippen LogP contribution in [-0.2, 0) is 4.74 Å². The van der Waals surface area contributed by atoms with Gasteiger partial charge in [0.15, 0.2) is 6.23 Å². The molecular weight excluding hydrogens is 316 g/mol. The molecule has 1 aliphatic heterocycles. The van der Waals surface area contributed by atoms with Crippen LogP contribution in [0.4, 0.5) is 5.82 Å². The maximum absolute atomic E-state index is 10.6. The molecule has 3 heterocycles. The van der Waals surface area contributed by atoms with Gasteiger partial charge in [-0.05, 0) is 6.92 Å². The Bertz CT molecular complexity index is 822. The van der Waals surface area contributed by atoms with Crippen LogP contribution in [0.1, 0.15) is 18.7 Å². The molecule has 0 bridgehead atoms. The van der Waals surface area contributed by atoms with E-state index in [1.165, 1.54) is 17.8 Å².